The maximum Gasteiger partial charge on any atom is 0.0403 e. The Labute approximate surface area is 111 Å². The normalized spacial score (nSPS) is 10.6. The number of pyridine rings is 1. The van der Waals surface area contributed by atoms with Crippen LogP contribution >= 0.6 is 12.6 Å². The van der Waals surface area contributed by atoms with Gasteiger partial charge in [-0.25, -0.2) is 0 Å². The minimum absolute atomic E-state index is 1.05. The summed E-state index contributed by atoms with van der Waals surface area (Å²) in [5, 5.41) is 0. The van der Waals surface area contributed by atoms with Crippen molar-refractivity contribution >= 4 is 12.6 Å². The van der Waals surface area contributed by atoms with Gasteiger partial charge in [-0.05, 0) is 37.1 Å². The SMILES string of the molecule is SCCCCCCCCCCc1ccccn1. The number of thiol groups is 1. The highest BCUT2D eigenvalue weighted by atomic mass is 32.1. The maximum absolute atomic E-state index is 4.34. The van der Waals surface area contributed by atoms with E-state index in [1.807, 2.05) is 12.3 Å². The number of rotatable bonds is 10. The predicted octanol–water partition coefficient (Wildman–Crippen LogP) is 4.67. The van der Waals surface area contributed by atoms with Gasteiger partial charge in [0.25, 0.3) is 0 Å². The van der Waals surface area contributed by atoms with E-state index in [9.17, 15) is 0 Å². The van der Waals surface area contributed by atoms with Gasteiger partial charge in [0.2, 0.25) is 0 Å². The van der Waals surface area contributed by atoms with E-state index in [4.69, 9.17) is 0 Å². The van der Waals surface area contributed by atoms with Crippen LogP contribution < -0.4 is 0 Å². The third-order valence-corrected chi connectivity index (χ3v) is 3.38. The Morgan fingerprint density at radius 2 is 1.47 bits per heavy atom. The Bertz CT molecular complexity index is 261. The molecular weight excluding hydrogens is 226 g/mol. The van der Waals surface area contributed by atoms with Crippen LogP contribution in [-0.4, -0.2) is 10.7 Å². The molecular formula is C15H25NS. The van der Waals surface area contributed by atoms with Crippen molar-refractivity contribution in [2.45, 2.75) is 57.8 Å². The average molecular weight is 251 g/mol. The fourth-order valence-electron chi connectivity index (χ4n) is 2.02. The molecule has 0 N–H and O–H groups in total. The quantitative estimate of drug-likeness (QED) is 0.471. The first-order chi connectivity index (χ1) is 8.43. The molecule has 0 amide bonds. The van der Waals surface area contributed by atoms with Gasteiger partial charge in [0.15, 0.2) is 0 Å². The molecule has 0 aromatic carbocycles. The molecule has 1 rings (SSSR count). The number of hydrogen-bond donors (Lipinski definition) is 1. The molecule has 1 aromatic rings. The van der Waals surface area contributed by atoms with E-state index in [-0.39, 0.29) is 0 Å². The summed E-state index contributed by atoms with van der Waals surface area (Å²) in [6.07, 6.45) is 13.9. The second-order valence-electron chi connectivity index (χ2n) is 4.62. The van der Waals surface area contributed by atoms with Gasteiger partial charge in [-0.15, -0.1) is 0 Å². The lowest BCUT2D eigenvalue weighted by molar-refractivity contribution is 0.575. The van der Waals surface area contributed by atoms with E-state index < -0.39 is 0 Å². The molecule has 96 valence electrons. The molecule has 0 saturated heterocycles. The van der Waals surface area contributed by atoms with Gasteiger partial charge >= 0.3 is 0 Å². The van der Waals surface area contributed by atoms with Crippen LogP contribution in [-0.2, 0) is 6.42 Å². The molecule has 2 heteroatoms. The topological polar surface area (TPSA) is 12.9 Å². The van der Waals surface area contributed by atoms with Crippen molar-refractivity contribution in [3.63, 3.8) is 0 Å². The maximum atomic E-state index is 4.34. The average Bonchev–Trinajstić information content (AvgIpc) is 2.38. The first-order valence-corrected chi connectivity index (χ1v) is 7.57. The fourth-order valence-corrected chi connectivity index (χ4v) is 2.25. The summed E-state index contributed by atoms with van der Waals surface area (Å²) in [5.74, 6) is 1.05. The first kappa shape index (κ1) is 14.6. The number of nitrogens with zero attached hydrogens (tertiary/aromatic N) is 1. The number of hydrogen-bond acceptors (Lipinski definition) is 2. The summed E-state index contributed by atoms with van der Waals surface area (Å²) < 4.78 is 0. The monoisotopic (exact) mass is 251 g/mol. The molecule has 0 aliphatic heterocycles. The molecule has 0 saturated carbocycles. The Hall–Kier alpha value is -0.500. The molecule has 0 atom stereocenters. The molecule has 0 radical (unpaired) electrons. The molecule has 0 aliphatic rings. The summed E-state index contributed by atoms with van der Waals surface area (Å²) in [6, 6.07) is 6.18. The Kier molecular flexibility index (Phi) is 9.11. The van der Waals surface area contributed by atoms with E-state index in [1.165, 1.54) is 57.1 Å². The minimum Gasteiger partial charge on any atom is -0.261 e. The standard InChI is InChI=1S/C15H25NS/c17-14-10-6-4-2-1-3-5-7-11-15-12-8-9-13-16-15/h8-9,12-13,17H,1-7,10-11,14H2. The zero-order chi connectivity index (χ0) is 12.2. The molecule has 0 spiro atoms. The molecule has 0 fully saturated rings. The third kappa shape index (κ3) is 8.25. The summed E-state index contributed by atoms with van der Waals surface area (Å²) >= 11 is 4.22. The van der Waals surface area contributed by atoms with Gasteiger partial charge in [-0.2, -0.15) is 12.6 Å². The molecule has 1 aromatic heterocycles. The third-order valence-electron chi connectivity index (χ3n) is 3.07. The van der Waals surface area contributed by atoms with Gasteiger partial charge < -0.3 is 0 Å². The molecule has 1 heterocycles. The van der Waals surface area contributed by atoms with E-state index >= 15 is 0 Å². The first-order valence-electron chi connectivity index (χ1n) is 6.94. The highest BCUT2D eigenvalue weighted by Crippen LogP contribution is 2.10. The summed E-state index contributed by atoms with van der Waals surface area (Å²) in [5.41, 5.74) is 1.24. The zero-order valence-corrected chi connectivity index (χ0v) is 11.7. The van der Waals surface area contributed by atoms with Crippen LogP contribution in [0.2, 0.25) is 0 Å². The van der Waals surface area contributed by atoms with Crippen LogP contribution in [0.1, 0.15) is 57.1 Å². The molecule has 1 nitrogen and oxygen atoms in total. The van der Waals surface area contributed by atoms with E-state index in [0.717, 1.165) is 12.2 Å². The van der Waals surface area contributed by atoms with Crippen molar-refractivity contribution in [2.75, 3.05) is 5.75 Å². The van der Waals surface area contributed by atoms with Crippen LogP contribution in [0, 0.1) is 0 Å². The lowest BCUT2D eigenvalue weighted by Crippen LogP contribution is -1.89. The molecule has 17 heavy (non-hydrogen) atoms. The number of aryl methyl sites for hydroxylation is 1. The van der Waals surface area contributed by atoms with E-state index in [1.54, 1.807) is 0 Å². The van der Waals surface area contributed by atoms with Gasteiger partial charge in [0.1, 0.15) is 0 Å². The number of aromatic nitrogens is 1. The molecule has 0 aliphatic carbocycles. The van der Waals surface area contributed by atoms with Crippen molar-refractivity contribution in [1.82, 2.24) is 4.98 Å². The van der Waals surface area contributed by atoms with E-state index in [2.05, 4.69) is 29.7 Å². The largest absolute Gasteiger partial charge is 0.261 e. The van der Waals surface area contributed by atoms with Gasteiger partial charge in [-0.3, -0.25) is 4.98 Å². The summed E-state index contributed by atoms with van der Waals surface area (Å²) in [7, 11) is 0. The minimum atomic E-state index is 1.05. The number of unbranched alkanes of at least 4 members (excludes halogenated alkanes) is 7. The fraction of sp³-hybridized carbons (Fsp3) is 0.667. The van der Waals surface area contributed by atoms with Crippen LogP contribution in [0.3, 0.4) is 0 Å². The molecule has 0 bridgehead atoms. The van der Waals surface area contributed by atoms with Crippen molar-refractivity contribution in [3.05, 3.63) is 30.1 Å². The van der Waals surface area contributed by atoms with Crippen LogP contribution in [0.15, 0.2) is 24.4 Å². The van der Waals surface area contributed by atoms with Crippen LogP contribution in [0.5, 0.6) is 0 Å². The lowest BCUT2D eigenvalue weighted by atomic mass is 10.1. The van der Waals surface area contributed by atoms with Crippen molar-refractivity contribution in [2.24, 2.45) is 0 Å². The zero-order valence-electron chi connectivity index (χ0n) is 10.8. The highest BCUT2D eigenvalue weighted by molar-refractivity contribution is 7.80. The van der Waals surface area contributed by atoms with Crippen LogP contribution in [0.25, 0.3) is 0 Å². The highest BCUT2D eigenvalue weighted by Gasteiger charge is 1.94. The van der Waals surface area contributed by atoms with Crippen molar-refractivity contribution < 1.29 is 0 Å². The molecule has 0 unspecified atom stereocenters. The van der Waals surface area contributed by atoms with Gasteiger partial charge in [0.05, 0.1) is 0 Å². The second kappa shape index (κ2) is 10.6. The summed E-state index contributed by atoms with van der Waals surface area (Å²) in [6.45, 7) is 0. The predicted molar refractivity (Wildman–Crippen MR) is 78.7 cm³/mol. The van der Waals surface area contributed by atoms with E-state index in [0.29, 0.717) is 0 Å². The summed E-state index contributed by atoms with van der Waals surface area (Å²) in [4.78, 5) is 4.34. The van der Waals surface area contributed by atoms with Gasteiger partial charge in [0, 0.05) is 11.9 Å². The van der Waals surface area contributed by atoms with Crippen molar-refractivity contribution in [1.29, 1.82) is 0 Å². The lowest BCUT2D eigenvalue weighted by Gasteiger charge is -2.02. The van der Waals surface area contributed by atoms with Crippen molar-refractivity contribution in [3.8, 4) is 0 Å². The Morgan fingerprint density at radius 3 is 2.06 bits per heavy atom. The van der Waals surface area contributed by atoms with Gasteiger partial charge in [-0.1, -0.05) is 44.6 Å². The Balaban J connectivity index is 1.85. The Morgan fingerprint density at radius 1 is 0.824 bits per heavy atom. The van der Waals surface area contributed by atoms with Crippen LogP contribution in [0.4, 0.5) is 0 Å². The smallest absolute Gasteiger partial charge is 0.0403 e. The second-order valence-corrected chi connectivity index (χ2v) is 5.07.